The first-order valence-corrected chi connectivity index (χ1v) is 10.6. The second-order valence-electron chi connectivity index (χ2n) is 6.43. The highest BCUT2D eigenvalue weighted by Crippen LogP contribution is 2.36. The van der Waals surface area contributed by atoms with E-state index in [1.807, 2.05) is 0 Å². The molecule has 0 bridgehead atoms. The zero-order valence-corrected chi connectivity index (χ0v) is 18.5. The van der Waals surface area contributed by atoms with Gasteiger partial charge in [0.05, 0.1) is 23.0 Å². The van der Waals surface area contributed by atoms with Gasteiger partial charge in [-0.15, -0.1) is 0 Å². The van der Waals surface area contributed by atoms with Gasteiger partial charge < -0.3 is 14.2 Å². The van der Waals surface area contributed by atoms with Gasteiger partial charge >= 0.3 is 5.97 Å². The SMILES string of the molecule is CCOC(=O)CN1C(=O)S/C(=C\c2ccc(Oc3ccc([N+](=O)[O-])cn3)c(OCC)c2)C1=O. The third kappa shape index (κ3) is 5.86. The van der Waals surface area contributed by atoms with Crippen molar-refractivity contribution in [3.8, 4) is 17.4 Å². The largest absolute Gasteiger partial charge is 0.490 e. The molecule has 0 N–H and O–H groups in total. The first-order chi connectivity index (χ1) is 15.8. The maximum atomic E-state index is 12.6. The minimum Gasteiger partial charge on any atom is -0.490 e. The Labute approximate surface area is 192 Å². The Morgan fingerprint density at radius 1 is 1.18 bits per heavy atom. The molecule has 1 aliphatic rings. The number of rotatable bonds is 9. The Hall–Kier alpha value is -3.93. The van der Waals surface area contributed by atoms with Crippen LogP contribution in [0.3, 0.4) is 0 Å². The molecule has 0 saturated carbocycles. The van der Waals surface area contributed by atoms with Crippen LogP contribution in [0.15, 0.2) is 41.4 Å². The summed E-state index contributed by atoms with van der Waals surface area (Å²) < 4.78 is 16.1. The normalized spacial score (nSPS) is 14.5. The molecule has 2 aromatic rings. The lowest BCUT2D eigenvalue weighted by Crippen LogP contribution is -2.34. The molecule has 0 aliphatic carbocycles. The van der Waals surface area contributed by atoms with E-state index in [0.29, 0.717) is 23.7 Å². The molecule has 1 fully saturated rings. The van der Waals surface area contributed by atoms with E-state index in [1.54, 1.807) is 32.0 Å². The van der Waals surface area contributed by atoms with Crippen molar-refractivity contribution in [1.29, 1.82) is 0 Å². The lowest BCUT2D eigenvalue weighted by atomic mass is 10.2. The molecule has 2 amide bonds. The Balaban J connectivity index is 1.80. The Bertz CT molecular complexity index is 1120. The number of hydrogen-bond donors (Lipinski definition) is 0. The molecule has 1 aromatic heterocycles. The molecule has 1 aliphatic heterocycles. The summed E-state index contributed by atoms with van der Waals surface area (Å²) >= 11 is 0.720. The van der Waals surface area contributed by atoms with E-state index >= 15 is 0 Å². The van der Waals surface area contributed by atoms with Crippen molar-refractivity contribution in [3.63, 3.8) is 0 Å². The highest BCUT2D eigenvalue weighted by Gasteiger charge is 2.36. The van der Waals surface area contributed by atoms with Crippen LogP contribution in [0.1, 0.15) is 19.4 Å². The first-order valence-electron chi connectivity index (χ1n) is 9.78. The highest BCUT2D eigenvalue weighted by atomic mass is 32.2. The first kappa shape index (κ1) is 23.7. The van der Waals surface area contributed by atoms with Gasteiger partial charge in [-0.1, -0.05) is 6.07 Å². The minimum atomic E-state index is -0.666. The molecule has 0 radical (unpaired) electrons. The smallest absolute Gasteiger partial charge is 0.326 e. The number of nitro groups is 1. The van der Waals surface area contributed by atoms with Gasteiger partial charge in [-0.05, 0) is 49.4 Å². The number of amides is 2. The van der Waals surface area contributed by atoms with Crippen LogP contribution < -0.4 is 9.47 Å². The fourth-order valence-electron chi connectivity index (χ4n) is 2.74. The molecule has 0 atom stereocenters. The van der Waals surface area contributed by atoms with Crippen molar-refractivity contribution in [2.24, 2.45) is 0 Å². The molecule has 1 aromatic carbocycles. The zero-order chi connectivity index (χ0) is 24.0. The number of nitrogens with zero attached hydrogens (tertiary/aromatic N) is 3. The van der Waals surface area contributed by atoms with E-state index in [0.717, 1.165) is 22.9 Å². The van der Waals surface area contributed by atoms with Gasteiger partial charge in [0, 0.05) is 12.1 Å². The second-order valence-corrected chi connectivity index (χ2v) is 7.42. The number of esters is 1. The third-order valence-electron chi connectivity index (χ3n) is 4.18. The van der Waals surface area contributed by atoms with Gasteiger partial charge in [-0.3, -0.25) is 29.4 Å². The molecule has 1 saturated heterocycles. The minimum absolute atomic E-state index is 0.134. The van der Waals surface area contributed by atoms with Gasteiger partial charge in [0.2, 0.25) is 5.88 Å². The summed E-state index contributed by atoms with van der Waals surface area (Å²) in [6, 6.07) is 7.47. The van der Waals surface area contributed by atoms with Crippen LogP contribution in [0.2, 0.25) is 0 Å². The number of carbonyl (C=O) groups is 3. The average molecular weight is 473 g/mol. The van der Waals surface area contributed by atoms with E-state index in [9.17, 15) is 24.5 Å². The van der Waals surface area contributed by atoms with Crippen molar-refractivity contribution in [2.45, 2.75) is 13.8 Å². The van der Waals surface area contributed by atoms with Gasteiger partial charge in [-0.25, -0.2) is 4.98 Å². The number of carbonyl (C=O) groups excluding carboxylic acids is 3. The highest BCUT2D eigenvalue weighted by molar-refractivity contribution is 8.18. The van der Waals surface area contributed by atoms with Crippen LogP contribution in [-0.4, -0.2) is 51.7 Å². The standard InChI is InChI=1S/C21H19N3O8S/c1-3-30-16-9-13(5-7-15(16)32-18-8-6-14(11-22-18)24(28)29)10-17-20(26)23(21(27)33-17)12-19(25)31-4-2/h5-11H,3-4,12H2,1-2H3/b17-10-. The van der Waals surface area contributed by atoms with Crippen molar-refractivity contribution < 1.29 is 33.5 Å². The van der Waals surface area contributed by atoms with Gasteiger partial charge in [0.1, 0.15) is 12.7 Å². The van der Waals surface area contributed by atoms with Crippen LogP contribution in [0.4, 0.5) is 10.5 Å². The van der Waals surface area contributed by atoms with Crippen molar-refractivity contribution in [3.05, 3.63) is 57.1 Å². The van der Waals surface area contributed by atoms with E-state index < -0.39 is 28.6 Å². The number of ether oxygens (including phenoxy) is 3. The molecule has 2 heterocycles. The monoisotopic (exact) mass is 473 g/mol. The predicted molar refractivity (Wildman–Crippen MR) is 118 cm³/mol. The fraction of sp³-hybridized carbons (Fsp3) is 0.238. The number of pyridine rings is 1. The summed E-state index contributed by atoms with van der Waals surface area (Å²) in [5.74, 6) is -0.468. The van der Waals surface area contributed by atoms with Gasteiger partial charge in [0.15, 0.2) is 11.5 Å². The van der Waals surface area contributed by atoms with E-state index in [4.69, 9.17) is 14.2 Å². The summed E-state index contributed by atoms with van der Waals surface area (Å²) in [7, 11) is 0. The van der Waals surface area contributed by atoms with Gasteiger partial charge in [-0.2, -0.15) is 0 Å². The zero-order valence-electron chi connectivity index (χ0n) is 17.7. The quantitative estimate of drug-likeness (QED) is 0.229. The molecule has 0 spiro atoms. The van der Waals surface area contributed by atoms with E-state index in [2.05, 4.69) is 4.98 Å². The maximum Gasteiger partial charge on any atom is 0.326 e. The number of benzene rings is 1. The predicted octanol–water partition coefficient (Wildman–Crippen LogP) is 3.78. The summed E-state index contributed by atoms with van der Waals surface area (Å²) in [5.41, 5.74) is 0.392. The van der Waals surface area contributed by atoms with E-state index in [1.165, 1.54) is 18.2 Å². The van der Waals surface area contributed by atoms with Crippen molar-refractivity contribution >= 4 is 40.6 Å². The molecule has 11 nitrogen and oxygen atoms in total. The van der Waals surface area contributed by atoms with Crippen molar-refractivity contribution in [2.75, 3.05) is 19.8 Å². The molecule has 33 heavy (non-hydrogen) atoms. The number of imide groups is 1. The van der Waals surface area contributed by atoms with Crippen LogP contribution in [0.5, 0.6) is 17.4 Å². The van der Waals surface area contributed by atoms with E-state index in [-0.39, 0.29) is 23.1 Å². The van der Waals surface area contributed by atoms with Crippen LogP contribution >= 0.6 is 11.8 Å². The summed E-state index contributed by atoms with van der Waals surface area (Å²) in [4.78, 5) is 51.4. The molecule has 0 unspecified atom stereocenters. The number of aromatic nitrogens is 1. The average Bonchev–Trinajstić information content (AvgIpc) is 3.03. The molecule has 3 rings (SSSR count). The molecule has 12 heteroatoms. The van der Waals surface area contributed by atoms with Crippen LogP contribution in [-0.2, 0) is 14.3 Å². The summed E-state index contributed by atoms with van der Waals surface area (Å²) in [6.07, 6.45) is 2.59. The van der Waals surface area contributed by atoms with Crippen LogP contribution in [0.25, 0.3) is 6.08 Å². The maximum absolute atomic E-state index is 12.6. The van der Waals surface area contributed by atoms with Crippen LogP contribution in [0, 0.1) is 10.1 Å². The number of hydrogen-bond acceptors (Lipinski definition) is 10. The lowest BCUT2D eigenvalue weighted by molar-refractivity contribution is -0.385. The Morgan fingerprint density at radius 3 is 2.61 bits per heavy atom. The fourth-order valence-corrected chi connectivity index (χ4v) is 3.58. The topological polar surface area (TPSA) is 138 Å². The lowest BCUT2D eigenvalue weighted by Gasteiger charge is -2.12. The molecule has 172 valence electrons. The van der Waals surface area contributed by atoms with Crippen molar-refractivity contribution in [1.82, 2.24) is 9.88 Å². The summed E-state index contributed by atoms with van der Waals surface area (Å²) in [5, 5.41) is 10.2. The Morgan fingerprint density at radius 2 is 1.97 bits per heavy atom. The molecular formula is C21H19N3O8S. The molecular weight excluding hydrogens is 454 g/mol. The summed E-state index contributed by atoms with van der Waals surface area (Å²) in [6.45, 7) is 3.43. The van der Waals surface area contributed by atoms with Gasteiger partial charge in [0.25, 0.3) is 16.8 Å². The second kappa shape index (κ2) is 10.6. The Kier molecular flexibility index (Phi) is 7.61. The third-order valence-corrected chi connectivity index (χ3v) is 5.08. The number of thioether (sulfide) groups is 1.